The minimum absolute atomic E-state index is 0.0359. The fourth-order valence-corrected chi connectivity index (χ4v) is 4.43. The van der Waals surface area contributed by atoms with Gasteiger partial charge in [-0.1, -0.05) is 0 Å². The van der Waals surface area contributed by atoms with Crippen molar-refractivity contribution in [2.24, 2.45) is 5.92 Å². The molecule has 1 aliphatic carbocycles. The second-order valence-corrected chi connectivity index (χ2v) is 7.96. The number of aromatic nitrogens is 2. The highest BCUT2D eigenvalue weighted by Gasteiger charge is 2.39. The van der Waals surface area contributed by atoms with Gasteiger partial charge < -0.3 is 14.9 Å². The zero-order chi connectivity index (χ0) is 20.5. The summed E-state index contributed by atoms with van der Waals surface area (Å²) in [7, 11) is 3.90. The van der Waals surface area contributed by atoms with Gasteiger partial charge >= 0.3 is 12.1 Å². The normalized spacial score (nSPS) is 23.0. The number of carboxylic acids is 1. The number of hydrogen-bond donors (Lipinski definition) is 1. The Morgan fingerprint density at radius 1 is 1.25 bits per heavy atom. The molecule has 1 aliphatic heterocycles. The number of halogens is 3. The molecule has 28 heavy (non-hydrogen) atoms. The number of carboxylic acid groups (broad SMARTS) is 1. The molecule has 0 spiro atoms. The average molecular weight is 400 g/mol. The first-order valence-corrected chi connectivity index (χ1v) is 9.77. The molecule has 0 aromatic carbocycles. The fourth-order valence-electron chi connectivity index (χ4n) is 4.43. The molecule has 6 nitrogen and oxygen atoms in total. The third kappa shape index (κ3) is 4.56. The average Bonchev–Trinajstić information content (AvgIpc) is 2.64. The van der Waals surface area contributed by atoms with Gasteiger partial charge in [-0.2, -0.15) is 13.2 Å². The predicted molar refractivity (Wildman–Crippen MR) is 98.3 cm³/mol. The molecule has 0 bridgehead atoms. The van der Waals surface area contributed by atoms with E-state index in [9.17, 15) is 18.0 Å². The summed E-state index contributed by atoms with van der Waals surface area (Å²) in [5, 5.41) is 9.03. The van der Waals surface area contributed by atoms with Crippen LogP contribution in [0.25, 0.3) is 0 Å². The van der Waals surface area contributed by atoms with Gasteiger partial charge in [0.05, 0.1) is 0 Å². The van der Waals surface area contributed by atoms with Crippen molar-refractivity contribution in [1.29, 1.82) is 0 Å². The molecule has 1 fully saturated rings. The van der Waals surface area contributed by atoms with Crippen LogP contribution in [0.4, 0.5) is 19.1 Å². The van der Waals surface area contributed by atoms with E-state index in [0.29, 0.717) is 38.0 Å². The Hall–Kier alpha value is -1.90. The number of aliphatic carboxylic acids is 1. The summed E-state index contributed by atoms with van der Waals surface area (Å²) >= 11 is 0. The first-order chi connectivity index (χ1) is 13.2. The fraction of sp³-hybridized carbons (Fsp3) is 0.737. The molecular weight excluding hydrogens is 373 g/mol. The third-order valence-corrected chi connectivity index (χ3v) is 5.81. The van der Waals surface area contributed by atoms with E-state index in [1.54, 1.807) is 4.90 Å². The summed E-state index contributed by atoms with van der Waals surface area (Å²) in [4.78, 5) is 23.3. The molecular formula is C19H27F3N4O2. The number of aryl methyl sites for hydroxylation is 1. The van der Waals surface area contributed by atoms with Crippen LogP contribution in [0, 0.1) is 5.92 Å². The van der Waals surface area contributed by atoms with Crippen LogP contribution in [0.15, 0.2) is 0 Å². The van der Waals surface area contributed by atoms with E-state index in [1.807, 2.05) is 14.1 Å². The number of nitrogens with zero attached hydrogens (tertiary/aromatic N) is 4. The molecule has 2 aliphatic rings. The Labute approximate surface area is 162 Å². The van der Waals surface area contributed by atoms with E-state index < -0.39 is 17.8 Å². The van der Waals surface area contributed by atoms with Crippen LogP contribution < -0.4 is 4.90 Å². The van der Waals surface area contributed by atoms with Gasteiger partial charge in [-0.15, -0.1) is 0 Å². The van der Waals surface area contributed by atoms with E-state index in [2.05, 4.69) is 14.9 Å². The molecule has 3 rings (SSSR count). The maximum atomic E-state index is 13.6. The summed E-state index contributed by atoms with van der Waals surface area (Å²) in [5.74, 6) is -0.696. The lowest BCUT2D eigenvalue weighted by molar-refractivity contribution is -0.142. The molecule has 0 saturated carbocycles. The van der Waals surface area contributed by atoms with Crippen molar-refractivity contribution >= 4 is 11.9 Å². The van der Waals surface area contributed by atoms with Crippen molar-refractivity contribution in [1.82, 2.24) is 14.9 Å². The Bertz CT molecular complexity index is 724. The number of rotatable bonds is 5. The van der Waals surface area contributed by atoms with Crippen molar-refractivity contribution in [3.63, 3.8) is 0 Å². The molecule has 1 saturated heterocycles. The smallest absolute Gasteiger partial charge is 0.433 e. The van der Waals surface area contributed by atoms with Gasteiger partial charge in [0, 0.05) is 36.8 Å². The van der Waals surface area contributed by atoms with Gasteiger partial charge in [-0.3, -0.25) is 4.79 Å². The summed E-state index contributed by atoms with van der Waals surface area (Å²) in [6.07, 6.45) is -0.760. The van der Waals surface area contributed by atoms with Crippen molar-refractivity contribution < 1.29 is 23.1 Å². The Kier molecular flexibility index (Phi) is 6.12. The maximum Gasteiger partial charge on any atom is 0.433 e. The summed E-state index contributed by atoms with van der Waals surface area (Å²) < 4.78 is 40.8. The van der Waals surface area contributed by atoms with E-state index in [-0.39, 0.29) is 29.9 Å². The molecule has 9 heteroatoms. The van der Waals surface area contributed by atoms with E-state index in [4.69, 9.17) is 5.11 Å². The van der Waals surface area contributed by atoms with Crippen molar-refractivity contribution in [2.45, 2.75) is 57.2 Å². The summed E-state index contributed by atoms with van der Waals surface area (Å²) in [6, 6.07) is 0.190. The minimum atomic E-state index is -4.50. The first kappa shape index (κ1) is 20.8. The van der Waals surface area contributed by atoms with E-state index in [1.165, 1.54) is 0 Å². The van der Waals surface area contributed by atoms with Crippen LogP contribution in [-0.4, -0.2) is 59.2 Å². The topological polar surface area (TPSA) is 69.6 Å². The maximum absolute atomic E-state index is 13.6. The van der Waals surface area contributed by atoms with Crippen LogP contribution in [0.2, 0.25) is 0 Å². The molecule has 1 aromatic rings. The zero-order valence-corrected chi connectivity index (χ0v) is 16.3. The van der Waals surface area contributed by atoms with Crippen LogP contribution in [-0.2, 0) is 23.8 Å². The molecule has 0 unspecified atom stereocenters. The molecule has 1 N–H and O–H groups in total. The number of anilines is 1. The highest BCUT2D eigenvalue weighted by atomic mass is 19.4. The summed E-state index contributed by atoms with van der Waals surface area (Å²) in [5.41, 5.74) is -0.0440. The lowest BCUT2D eigenvalue weighted by Gasteiger charge is -2.42. The van der Waals surface area contributed by atoms with Crippen LogP contribution >= 0.6 is 0 Å². The summed E-state index contributed by atoms with van der Waals surface area (Å²) in [6.45, 7) is 1.02. The Morgan fingerprint density at radius 3 is 2.61 bits per heavy atom. The highest BCUT2D eigenvalue weighted by Crippen LogP contribution is 2.36. The lowest BCUT2D eigenvalue weighted by atomic mass is 9.87. The predicted octanol–water partition coefficient (Wildman–Crippen LogP) is 3.00. The number of alkyl halides is 3. The van der Waals surface area contributed by atoms with Gasteiger partial charge in [-0.05, 0) is 58.5 Å². The number of hydrogen-bond acceptors (Lipinski definition) is 5. The number of carbonyl (C=O) groups is 1. The molecule has 156 valence electrons. The van der Waals surface area contributed by atoms with E-state index in [0.717, 1.165) is 19.3 Å². The number of piperidine rings is 1. The second kappa shape index (κ2) is 8.23. The minimum Gasteiger partial charge on any atom is -0.481 e. The van der Waals surface area contributed by atoms with Crippen LogP contribution in [0.3, 0.4) is 0 Å². The van der Waals surface area contributed by atoms with Crippen molar-refractivity contribution in [2.75, 3.05) is 32.1 Å². The monoisotopic (exact) mass is 400 g/mol. The van der Waals surface area contributed by atoms with Gasteiger partial charge in [0.15, 0.2) is 5.69 Å². The SMILES string of the molecule is CN(C)[C@H]1CCN(c2nc3c(c(C(F)(F)F)n2)CCCC3)C[C@H]1CCC(=O)O. The zero-order valence-electron chi connectivity index (χ0n) is 16.3. The lowest BCUT2D eigenvalue weighted by Crippen LogP contribution is -2.49. The second-order valence-electron chi connectivity index (χ2n) is 7.96. The first-order valence-electron chi connectivity index (χ1n) is 9.77. The highest BCUT2D eigenvalue weighted by molar-refractivity contribution is 5.66. The molecule has 0 radical (unpaired) electrons. The molecule has 1 aromatic heterocycles. The molecule has 0 amide bonds. The number of fused-ring (bicyclic) bond motifs is 1. The largest absolute Gasteiger partial charge is 0.481 e. The van der Waals surface area contributed by atoms with Crippen LogP contribution in [0.5, 0.6) is 0 Å². The van der Waals surface area contributed by atoms with Gasteiger partial charge in [0.1, 0.15) is 0 Å². The molecule has 2 atom stereocenters. The van der Waals surface area contributed by atoms with Crippen molar-refractivity contribution in [3.8, 4) is 0 Å². The Morgan fingerprint density at radius 2 is 1.96 bits per heavy atom. The van der Waals surface area contributed by atoms with Crippen molar-refractivity contribution in [3.05, 3.63) is 17.0 Å². The van der Waals surface area contributed by atoms with Gasteiger partial charge in [0.25, 0.3) is 0 Å². The van der Waals surface area contributed by atoms with Gasteiger partial charge in [0.2, 0.25) is 5.95 Å². The standard InChI is InChI=1S/C19H27F3N4O2/c1-25(2)15-9-10-26(11-12(15)7-8-16(27)28)18-23-14-6-4-3-5-13(14)17(24-18)19(20,21)22/h12,15H,3-11H2,1-2H3,(H,27,28)/t12-,15+/m1/s1. The quantitative estimate of drug-likeness (QED) is 0.820. The van der Waals surface area contributed by atoms with Crippen LogP contribution in [0.1, 0.15) is 49.1 Å². The van der Waals surface area contributed by atoms with E-state index >= 15 is 0 Å². The third-order valence-electron chi connectivity index (χ3n) is 5.81. The van der Waals surface area contributed by atoms with Gasteiger partial charge in [-0.25, -0.2) is 9.97 Å². The Balaban J connectivity index is 1.89. The molecule has 2 heterocycles.